The van der Waals surface area contributed by atoms with Crippen molar-refractivity contribution in [2.24, 2.45) is 0 Å². The zero-order chi connectivity index (χ0) is 11.4. The Hall–Kier alpha value is -0.105. The molecule has 0 atom stereocenters. The molecule has 0 aromatic heterocycles. The molecular weight excluding hydrogens is 369 g/mol. The van der Waals surface area contributed by atoms with Gasteiger partial charge in [-0.25, -0.2) is 0 Å². The third-order valence-electron chi connectivity index (χ3n) is 2.10. The number of rotatable bonds is 5. The molecule has 0 aliphatic heterocycles. The van der Waals surface area contributed by atoms with E-state index in [1.165, 1.54) is 35.2 Å². The van der Waals surface area contributed by atoms with Gasteiger partial charge >= 0.3 is 59.5 Å². The van der Waals surface area contributed by atoms with Crippen LogP contribution < -0.4 is 3.07 Å². The molecule has 0 aliphatic carbocycles. The van der Waals surface area contributed by atoms with Crippen LogP contribution in [0.3, 0.4) is 0 Å². The van der Waals surface area contributed by atoms with Crippen LogP contribution in [0.15, 0.2) is 43.0 Å². The van der Waals surface area contributed by atoms with Gasteiger partial charge in [-0.05, 0) is 12.8 Å². The molecule has 0 saturated carbocycles. The van der Waals surface area contributed by atoms with Crippen molar-refractivity contribution in [1.29, 1.82) is 0 Å². The van der Waals surface area contributed by atoms with Crippen molar-refractivity contribution in [2.75, 3.05) is 0 Å². The zero-order valence-electron chi connectivity index (χ0n) is 9.91. The Morgan fingerprint density at radius 1 is 1.13 bits per heavy atom. The second-order valence-corrected chi connectivity index (χ2v) is 6.80. The molecule has 0 heterocycles. The molecule has 0 amide bonds. The van der Waals surface area contributed by atoms with Gasteiger partial charge in [0.05, 0.1) is 0 Å². The Labute approximate surface area is 111 Å². The first-order valence-electron chi connectivity index (χ1n) is 5.79. The van der Waals surface area contributed by atoms with Gasteiger partial charge < -0.3 is 0 Å². The fourth-order valence-corrected chi connectivity index (χ4v) is 2.25. The first kappa shape index (κ1) is 14.9. The quantitative estimate of drug-likeness (QED) is 0.405. The van der Waals surface area contributed by atoms with Crippen LogP contribution >= 0.6 is 0 Å². The summed E-state index contributed by atoms with van der Waals surface area (Å²) < 4.78 is 1.52. The molecule has 0 bridgehead atoms. The van der Waals surface area contributed by atoms with Gasteiger partial charge in [0.15, 0.2) is 0 Å². The van der Waals surface area contributed by atoms with Gasteiger partial charge in [-0.2, -0.15) is 0 Å². The van der Waals surface area contributed by atoms with E-state index >= 15 is 0 Å². The molecule has 0 radical (unpaired) electrons. The monoisotopic (exact) mass is 391 g/mol. The van der Waals surface area contributed by atoms with E-state index in [0.29, 0.717) is 0 Å². The molecule has 1 heteroatoms. The van der Waals surface area contributed by atoms with Crippen molar-refractivity contribution in [3.8, 4) is 0 Å². The molecule has 1 aromatic carbocycles. The van der Waals surface area contributed by atoms with Gasteiger partial charge in [0.25, 0.3) is 0 Å². The fourth-order valence-electron chi connectivity index (χ4n) is 1.19. The predicted molar refractivity (Wildman–Crippen MR) is 65.0 cm³/mol. The molecular formula is C14H21Hg. The van der Waals surface area contributed by atoms with E-state index in [4.69, 9.17) is 0 Å². The fraction of sp³-hybridized carbons (Fsp3) is 0.429. The molecule has 15 heavy (non-hydrogen) atoms. The second kappa shape index (κ2) is 12.0. The van der Waals surface area contributed by atoms with Crippen LogP contribution in [0.5, 0.6) is 0 Å². The summed E-state index contributed by atoms with van der Waals surface area (Å²) in [6, 6.07) is 10.6. The van der Waals surface area contributed by atoms with E-state index in [-0.39, 0.29) is 0 Å². The summed E-state index contributed by atoms with van der Waals surface area (Å²) in [5, 5.41) is 0. The van der Waals surface area contributed by atoms with Gasteiger partial charge in [0.2, 0.25) is 0 Å². The second-order valence-electron chi connectivity index (χ2n) is 3.62. The van der Waals surface area contributed by atoms with Gasteiger partial charge in [-0.15, -0.1) is 6.58 Å². The molecule has 0 fully saturated rings. The van der Waals surface area contributed by atoms with E-state index in [1.807, 2.05) is 6.08 Å². The maximum atomic E-state index is 3.66. The van der Waals surface area contributed by atoms with Crippen LogP contribution in [0.2, 0.25) is 0 Å². The normalized spacial score (nSPS) is 9.00. The molecule has 0 nitrogen and oxygen atoms in total. The van der Waals surface area contributed by atoms with Crippen LogP contribution in [0, 0.1) is 0 Å². The summed E-state index contributed by atoms with van der Waals surface area (Å²) in [4.78, 5) is 0. The van der Waals surface area contributed by atoms with Crippen LogP contribution in [0.25, 0.3) is 0 Å². The van der Waals surface area contributed by atoms with Crippen molar-refractivity contribution in [3.05, 3.63) is 43.0 Å². The van der Waals surface area contributed by atoms with Gasteiger partial charge in [0, 0.05) is 0 Å². The molecule has 1 aromatic rings. The van der Waals surface area contributed by atoms with E-state index < -0.39 is 0 Å². The van der Waals surface area contributed by atoms with Crippen LogP contribution in [-0.4, -0.2) is 0 Å². The molecule has 1 rings (SSSR count). The molecule has 79 valence electrons. The average Bonchev–Trinajstić information content (AvgIpc) is 2.27. The number of benzene rings is 1. The van der Waals surface area contributed by atoms with E-state index in [0.717, 1.165) is 26.1 Å². The topological polar surface area (TPSA) is 0 Å². The van der Waals surface area contributed by atoms with Crippen LogP contribution in [0.4, 0.5) is 0 Å². The number of allylic oxidation sites excluding steroid dienone is 1. The van der Waals surface area contributed by atoms with Gasteiger partial charge in [-0.1, -0.05) is 32.3 Å². The third-order valence-corrected chi connectivity index (χ3v) is 3.94. The third kappa shape index (κ3) is 11.8. The minimum atomic E-state index is 0.810. The van der Waals surface area contributed by atoms with Crippen molar-refractivity contribution < 1.29 is 26.1 Å². The Kier molecular flexibility index (Phi) is 11.9. The average molecular weight is 390 g/mol. The summed E-state index contributed by atoms with van der Waals surface area (Å²) in [6.07, 6.45) is 8.61. The van der Waals surface area contributed by atoms with E-state index in [9.17, 15) is 0 Å². The van der Waals surface area contributed by atoms with E-state index in [1.54, 1.807) is 0 Å². The van der Waals surface area contributed by atoms with Gasteiger partial charge in [-0.3, -0.25) is 0 Å². The SMILES string of the molecule is C=CCCCCCC.[Hg][c]1ccccc1. The summed E-state index contributed by atoms with van der Waals surface area (Å²) >= 11 is 0.810. The molecule has 0 saturated heterocycles. The molecule has 0 unspecified atom stereocenters. The van der Waals surface area contributed by atoms with Crippen molar-refractivity contribution in [3.63, 3.8) is 0 Å². The minimum absolute atomic E-state index is 0.810. The van der Waals surface area contributed by atoms with Gasteiger partial charge in [0.1, 0.15) is 0 Å². The number of hydrogen-bond acceptors (Lipinski definition) is 0. The molecule has 0 aliphatic rings. The summed E-state index contributed by atoms with van der Waals surface area (Å²) in [5.41, 5.74) is 0. The Bertz CT molecular complexity index is 228. The van der Waals surface area contributed by atoms with Crippen molar-refractivity contribution in [2.45, 2.75) is 39.0 Å². The summed E-state index contributed by atoms with van der Waals surface area (Å²) in [5.74, 6) is 0. The number of unbranched alkanes of at least 4 members (excludes halogenated alkanes) is 4. The molecule has 0 N–H and O–H groups in total. The van der Waals surface area contributed by atoms with Crippen LogP contribution in [-0.2, 0) is 26.1 Å². The maximum absolute atomic E-state index is 3.66. The van der Waals surface area contributed by atoms with E-state index in [2.05, 4.69) is 43.8 Å². The summed E-state index contributed by atoms with van der Waals surface area (Å²) in [6.45, 7) is 5.89. The summed E-state index contributed by atoms with van der Waals surface area (Å²) in [7, 11) is 0. The Balaban J connectivity index is 0.000000262. The molecule has 0 spiro atoms. The first-order chi connectivity index (χ1) is 7.31. The standard InChI is InChI=1S/C8H16.C6H5.Hg/c1-3-5-7-8-6-4-2;1-2-4-6-5-3-1;/h3H,1,4-8H2,2H3;1-5H;. The van der Waals surface area contributed by atoms with Crippen molar-refractivity contribution in [1.82, 2.24) is 0 Å². The Morgan fingerprint density at radius 3 is 2.20 bits per heavy atom. The Morgan fingerprint density at radius 2 is 1.80 bits per heavy atom. The van der Waals surface area contributed by atoms with Crippen LogP contribution in [0.1, 0.15) is 39.0 Å². The first-order valence-corrected chi connectivity index (χ1v) is 8.54. The number of hydrogen-bond donors (Lipinski definition) is 0. The van der Waals surface area contributed by atoms with Crippen molar-refractivity contribution >= 4 is 3.07 Å². The zero-order valence-corrected chi connectivity index (χ0v) is 15.4. The predicted octanol–water partition coefficient (Wildman–Crippen LogP) is 4.00.